The lowest BCUT2D eigenvalue weighted by Crippen LogP contribution is -2.63. The third-order valence-electron chi connectivity index (χ3n) is 7.82. The fourth-order valence-corrected chi connectivity index (χ4v) is 8.38. The van der Waals surface area contributed by atoms with Crippen molar-refractivity contribution in [2.24, 2.45) is 23.7 Å². The molecule has 120 valence electrons. The van der Waals surface area contributed by atoms with E-state index in [0.29, 0.717) is 5.41 Å². The normalized spacial score (nSPS) is 45.5. The highest BCUT2D eigenvalue weighted by molar-refractivity contribution is 7.10. The van der Waals surface area contributed by atoms with Crippen LogP contribution in [0.4, 0.5) is 0 Å². The zero-order chi connectivity index (χ0) is 14.7. The van der Waals surface area contributed by atoms with E-state index in [1.54, 1.807) is 11.3 Å². The second-order valence-electron chi connectivity index (χ2n) is 8.63. The first-order valence-corrected chi connectivity index (χ1v) is 10.4. The van der Waals surface area contributed by atoms with E-state index in [1.807, 2.05) is 0 Å². The summed E-state index contributed by atoms with van der Waals surface area (Å²) in [6.07, 6.45) is 10.5. The summed E-state index contributed by atoms with van der Waals surface area (Å²) >= 11 is 2.06. The van der Waals surface area contributed by atoms with Crippen molar-refractivity contribution >= 4 is 11.3 Å². The quantitative estimate of drug-likeness (QED) is 0.765. The predicted octanol–water partition coefficient (Wildman–Crippen LogP) is 4.93. The maximum Gasteiger partial charge on any atom is 0.0256 e. The van der Waals surface area contributed by atoms with Gasteiger partial charge in [0.2, 0.25) is 0 Å². The van der Waals surface area contributed by atoms with Gasteiger partial charge in [0.1, 0.15) is 0 Å². The van der Waals surface area contributed by atoms with Crippen LogP contribution in [-0.2, 0) is 5.41 Å². The molecule has 1 saturated heterocycles. The summed E-state index contributed by atoms with van der Waals surface area (Å²) < 4.78 is 0. The van der Waals surface area contributed by atoms with Gasteiger partial charge in [-0.1, -0.05) is 6.07 Å². The van der Waals surface area contributed by atoms with Crippen molar-refractivity contribution in [3.63, 3.8) is 0 Å². The maximum atomic E-state index is 2.85. The third-order valence-corrected chi connectivity index (χ3v) is 8.85. The van der Waals surface area contributed by atoms with Gasteiger partial charge in [0.15, 0.2) is 0 Å². The Morgan fingerprint density at radius 2 is 1.68 bits per heavy atom. The molecule has 1 atom stereocenters. The van der Waals surface area contributed by atoms with E-state index in [-0.39, 0.29) is 0 Å². The summed E-state index contributed by atoms with van der Waals surface area (Å²) in [5, 5.41) is 2.33. The second-order valence-corrected chi connectivity index (χ2v) is 9.58. The van der Waals surface area contributed by atoms with Gasteiger partial charge in [0, 0.05) is 16.3 Å². The zero-order valence-electron chi connectivity index (χ0n) is 13.8. The highest BCUT2D eigenvalue weighted by Gasteiger charge is 2.61. The SMILES string of the molecule is CC(N1CCCC1)C1(c2cccs2)C2CC3CC(C2)CC1C3. The molecule has 0 N–H and O–H groups in total. The first-order chi connectivity index (χ1) is 10.8. The molecule has 5 fully saturated rings. The van der Waals surface area contributed by atoms with Crippen LogP contribution in [0.5, 0.6) is 0 Å². The summed E-state index contributed by atoms with van der Waals surface area (Å²) in [4.78, 5) is 4.59. The van der Waals surface area contributed by atoms with Crippen molar-refractivity contribution in [2.75, 3.05) is 13.1 Å². The molecular weight excluding hydrogens is 286 g/mol. The molecule has 1 nitrogen and oxygen atoms in total. The molecule has 1 unspecified atom stereocenters. The van der Waals surface area contributed by atoms with Crippen LogP contribution in [0, 0.1) is 23.7 Å². The van der Waals surface area contributed by atoms with Crippen LogP contribution in [0.1, 0.15) is 56.7 Å². The average Bonchev–Trinajstić information content (AvgIpc) is 3.20. The Morgan fingerprint density at radius 3 is 2.23 bits per heavy atom. The van der Waals surface area contributed by atoms with Crippen LogP contribution in [0.15, 0.2) is 17.5 Å². The summed E-state index contributed by atoms with van der Waals surface area (Å²) in [5.74, 6) is 4.08. The van der Waals surface area contributed by atoms with Crippen LogP contribution in [0.3, 0.4) is 0 Å². The first kappa shape index (κ1) is 14.0. The lowest BCUT2D eigenvalue weighted by atomic mass is 9.43. The van der Waals surface area contributed by atoms with E-state index in [2.05, 4.69) is 40.7 Å². The van der Waals surface area contributed by atoms with Gasteiger partial charge in [-0.15, -0.1) is 11.3 Å². The Kier molecular flexibility index (Phi) is 3.24. The fourth-order valence-electron chi connectivity index (χ4n) is 7.21. The Labute approximate surface area is 139 Å². The molecule has 4 bridgehead atoms. The molecule has 4 aliphatic carbocycles. The van der Waals surface area contributed by atoms with Crippen LogP contribution < -0.4 is 0 Å². The molecule has 1 aromatic rings. The van der Waals surface area contributed by atoms with Gasteiger partial charge in [-0.3, -0.25) is 4.90 Å². The average molecular weight is 316 g/mol. The molecule has 0 aromatic carbocycles. The molecular formula is C20H29NS. The topological polar surface area (TPSA) is 3.24 Å². The Morgan fingerprint density at radius 1 is 1.05 bits per heavy atom. The van der Waals surface area contributed by atoms with Gasteiger partial charge in [0.05, 0.1) is 0 Å². The molecule has 22 heavy (non-hydrogen) atoms. The molecule has 0 spiro atoms. The lowest BCUT2D eigenvalue weighted by molar-refractivity contribution is -0.0922. The van der Waals surface area contributed by atoms with E-state index in [4.69, 9.17) is 0 Å². The summed E-state index contributed by atoms with van der Waals surface area (Å²) in [5.41, 5.74) is 0.492. The molecule has 1 aliphatic heterocycles. The first-order valence-electron chi connectivity index (χ1n) is 9.56. The van der Waals surface area contributed by atoms with Crippen molar-refractivity contribution < 1.29 is 0 Å². The van der Waals surface area contributed by atoms with Crippen molar-refractivity contribution in [1.82, 2.24) is 4.90 Å². The van der Waals surface area contributed by atoms with Crippen molar-refractivity contribution in [3.05, 3.63) is 22.4 Å². The molecule has 1 aromatic heterocycles. The smallest absolute Gasteiger partial charge is 0.0256 e. The van der Waals surface area contributed by atoms with Gasteiger partial charge in [-0.25, -0.2) is 0 Å². The molecule has 0 amide bonds. The van der Waals surface area contributed by atoms with Gasteiger partial charge >= 0.3 is 0 Å². The van der Waals surface area contributed by atoms with Crippen molar-refractivity contribution in [1.29, 1.82) is 0 Å². The predicted molar refractivity (Wildman–Crippen MR) is 93.3 cm³/mol. The van der Waals surface area contributed by atoms with Crippen LogP contribution in [0.2, 0.25) is 0 Å². The number of hydrogen-bond acceptors (Lipinski definition) is 2. The number of rotatable bonds is 3. The molecule has 2 heteroatoms. The Bertz CT molecular complexity index is 500. The number of likely N-dealkylation sites (tertiary alicyclic amines) is 1. The second kappa shape index (κ2) is 5.08. The number of hydrogen-bond donors (Lipinski definition) is 0. The highest BCUT2D eigenvalue weighted by Crippen LogP contribution is 2.65. The van der Waals surface area contributed by atoms with Gasteiger partial charge < -0.3 is 0 Å². The minimum Gasteiger partial charge on any atom is -0.300 e. The van der Waals surface area contributed by atoms with E-state index in [0.717, 1.165) is 29.7 Å². The van der Waals surface area contributed by atoms with Crippen LogP contribution in [-0.4, -0.2) is 24.0 Å². The van der Waals surface area contributed by atoms with Gasteiger partial charge in [-0.05, 0) is 100 Å². The molecule has 5 aliphatic rings. The minimum atomic E-state index is 0.492. The number of thiophene rings is 1. The van der Waals surface area contributed by atoms with E-state index < -0.39 is 0 Å². The minimum absolute atomic E-state index is 0.492. The van der Waals surface area contributed by atoms with Gasteiger partial charge in [-0.2, -0.15) is 0 Å². The molecule has 4 saturated carbocycles. The van der Waals surface area contributed by atoms with Crippen molar-refractivity contribution in [2.45, 2.75) is 63.3 Å². The number of nitrogens with zero attached hydrogens (tertiary/aromatic N) is 1. The van der Waals surface area contributed by atoms with Gasteiger partial charge in [0.25, 0.3) is 0 Å². The van der Waals surface area contributed by atoms with E-state index in [1.165, 1.54) is 51.6 Å². The van der Waals surface area contributed by atoms with Crippen molar-refractivity contribution in [3.8, 4) is 0 Å². The van der Waals surface area contributed by atoms with Crippen LogP contribution >= 0.6 is 11.3 Å². The Hall–Kier alpha value is -0.340. The Balaban J connectivity index is 1.60. The summed E-state index contributed by atoms with van der Waals surface area (Å²) in [6, 6.07) is 5.55. The van der Waals surface area contributed by atoms with E-state index in [9.17, 15) is 0 Å². The molecule has 6 rings (SSSR count). The standard InChI is InChI=1S/C20H29NS/c1-14(21-6-2-3-7-21)20(19-5-4-8-22-19)17-10-15-9-16(12-17)13-18(20)11-15/h4-5,8,14-18H,2-3,6-7,9-13H2,1H3. The molecule has 0 radical (unpaired) electrons. The third kappa shape index (κ3) is 1.80. The lowest BCUT2D eigenvalue weighted by Gasteiger charge is -2.64. The fraction of sp³-hybridized carbons (Fsp3) is 0.800. The zero-order valence-corrected chi connectivity index (χ0v) is 14.7. The largest absolute Gasteiger partial charge is 0.300 e. The van der Waals surface area contributed by atoms with Crippen LogP contribution in [0.25, 0.3) is 0 Å². The summed E-state index contributed by atoms with van der Waals surface area (Å²) in [7, 11) is 0. The summed E-state index contributed by atoms with van der Waals surface area (Å²) in [6.45, 7) is 5.29. The van der Waals surface area contributed by atoms with E-state index >= 15 is 0 Å². The highest BCUT2D eigenvalue weighted by atomic mass is 32.1. The molecule has 2 heterocycles. The maximum absolute atomic E-state index is 2.85. The monoisotopic (exact) mass is 315 g/mol.